The van der Waals surface area contributed by atoms with Gasteiger partial charge in [0.2, 0.25) is 0 Å². The normalized spacial score (nSPS) is 11.2. The number of nitrogens with one attached hydrogen (secondary N) is 3. The molecule has 0 radical (unpaired) electrons. The van der Waals surface area contributed by atoms with Gasteiger partial charge in [0.25, 0.3) is 5.91 Å². The maximum Gasteiger partial charge on any atom is 0.257 e. The summed E-state index contributed by atoms with van der Waals surface area (Å²) < 4.78 is 0. The van der Waals surface area contributed by atoms with Gasteiger partial charge < -0.3 is 15.2 Å². The molecule has 1 amide bonds. The Morgan fingerprint density at radius 2 is 2.00 bits per heavy atom. The van der Waals surface area contributed by atoms with Gasteiger partial charge in [-0.05, 0) is 44.2 Å². The van der Waals surface area contributed by atoms with Crippen molar-refractivity contribution in [3.8, 4) is 0 Å². The van der Waals surface area contributed by atoms with Gasteiger partial charge in [0, 0.05) is 24.2 Å². The van der Waals surface area contributed by atoms with Crippen molar-refractivity contribution in [1.82, 2.24) is 20.2 Å². The van der Waals surface area contributed by atoms with Gasteiger partial charge in [0.15, 0.2) is 0 Å². The van der Waals surface area contributed by atoms with Crippen LogP contribution in [0.4, 0.5) is 11.4 Å². The van der Waals surface area contributed by atoms with E-state index in [1.54, 1.807) is 12.5 Å². The van der Waals surface area contributed by atoms with E-state index in [-0.39, 0.29) is 5.91 Å². The van der Waals surface area contributed by atoms with E-state index in [1.165, 1.54) is 0 Å². The summed E-state index contributed by atoms with van der Waals surface area (Å²) in [7, 11) is 0. The van der Waals surface area contributed by atoms with Gasteiger partial charge in [0.05, 0.1) is 40.3 Å². The zero-order valence-corrected chi connectivity index (χ0v) is 14.7. The standard InChI is InChI=1S/C19H20N6O/c1-3-25(4-2)18-9-17-16(20-11-21-17)8-14(18)19(26)23-13-6-5-12-10-22-24-15(12)7-13/h5-11H,3-4H2,1-2H3,(H,20,21)(H,22,24)(H,23,26). The minimum Gasteiger partial charge on any atom is -0.371 e. The molecule has 2 heterocycles. The number of aromatic amines is 2. The number of benzene rings is 2. The van der Waals surface area contributed by atoms with Crippen LogP contribution < -0.4 is 10.2 Å². The molecule has 0 saturated carbocycles. The van der Waals surface area contributed by atoms with Crippen LogP contribution in [0.5, 0.6) is 0 Å². The predicted octanol–water partition coefficient (Wildman–Crippen LogP) is 3.54. The van der Waals surface area contributed by atoms with Crippen LogP contribution in [0.15, 0.2) is 42.9 Å². The van der Waals surface area contributed by atoms with Crippen molar-refractivity contribution in [2.45, 2.75) is 13.8 Å². The van der Waals surface area contributed by atoms with Gasteiger partial charge in [-0.15, -0.1) is 0 Å². The monoisotopic (exact) mass is 348 g/mol. The molecule has 0 saturated heterocycles. The number of aromatic nitrogens is 4. The van der Waals surface area contributed by atoms with Gasteiger partial charge in [-0.2, -0.15) is 5.10 Å². The Hall–Kier alpha value is -3.35. The summed E-state index contributed by atoms with van der Waals surface area (Å²) in [6.07, 6.45) is 3.40. The lowest BCUT2D eigenvalue weighted by Crippen LogP contribution is -2.25. The summed E-state index contributed by atoms with van der Waals surface area (Å²) in [5.74, 6) is -0.151. The number of hydrogen-bond donors (Lipinski definition) is 3. The predicted molar refractivity (Wildman–Crippen MR) is 104 cm³/mol. The van der Waals surface area contributed by atoms with Crippen LogP contribution in [-0.4, -0.2) is 39.2 Å². The molecule has 0 spiro atoms. The summed E-state index contributed by atoms with van der Waals surface area (Å²) in [6, 6.07) is 9.51. The van der Waals surface area contributed by atoms with Crippen LogP contribution in [0.1, 0.15) is 24.2 Å². The number of fused-ring (bicyclic) bond motifs is 2. The second-order valence-electron chi connectivity index (χ2n) is 6.09. The first-order valence-corrected chi connectivity index (χ1v) is 8.66. The lowest BCUT2D eigenvalue weighted by atomic mass is 10.1. The van der Waals surface area contributed by atoms with Crippen LogP contribution in [-0.2, 0) is 0 Å². The molecule has 0 unspecified atom stereocenters. The first-order valence-electron chi connectivity index (χ1n) is 8.66. The molecular formula is C19H20N6O. The largest absolute Gasteiger partial charge is 0.371 e. The smallest absolute Gasteiger partial charge is 0.257 e. The molecule has 0 atom stereocenters. The van der Waals surface area contributed by atoms with Crippen molar-refractivity contribution in [3.05, 3.63) is 48.4 Å². The number of nitrogens with zero attached hydrogens (tertiary/aromatic N) is 3. The highest BCUT2D eigenvalue weighted by Crippen LogP contribution is 2.27. The molecule has 7 heteroatoms. The number of carbonyl (C=O) groups is 1. The molecule has 0 aliphatic carbocycles. The number of amides is 1. The van der Waals surface area contributed by atoms with Gasteiger partial charge in [-0.25, -0.2) is 4.98 Å². The van der Waals surface area contributed by atoms with E-state index in [2.05, 4.69) is 44.2 Å². The molecule has 0 bridgehead atoms. The van der Waals surface area contributed by atoms with Gasteiger partial charge in [0.1, 0.15) is 0 Å². The highest BCUT2D eigenvalue weighted by molar-refractivity contribution is 6.10. The Morgan fingerprint density at radius 1 is 1.15 bits per heavy atom. The maximum atomic E-state index is 13.0. The Balaban J connectivity index is 1.73. The van der Waals surface area contributed by atoms with Crippen LogP contribution in [0.2, 0.25) is 0 Å². The number of carbonyl (C=O) groups excluding carboxylic acids is 1. The number of rotatable bonds is 5. The topological polar surface area (TPSA) is 89.7 Å². The Labute approximate surface area is 150 Å². The molecule has 2 aromatic heterocycles. The zero-order valence-electron chi connectivity index (χ0n) is 14.7. The lowest BCUT2D eigenvalue weighted by Gasteiger charge is -2.24. The van der Waals surface area contributed by atoms with E-state index >= 15 is 0 Å². The fraction of sp³-hybridized carbons (Fsp3) is 0.211. The number of imidazole rings is 1. The third-order valence-electron chi connectivity index (χ3n) is 4.59. The van der Waals surface area contributed by atoms with Gasteiger partial charge in [-0.3, -0.25) is 9.89 Å². The van der Waals surface area contributed by atoms with E-state index in [0.29, 0.717) is 5.56 Å². The number of anilines is 2. The first kappa shape index (κ1) is 16.1. The van der Waals surface area contributed by atoms with Crippen LogP contribution in [0.3, 0.4) is 0 Å². The molecule has 4 aromatic rings. The first-order chi connectivity index (χ1) is 12.7. The molecule has 26 heavy (non-hydrogen) atoms. The molecule has 2 aromatic carbocycles. The maximum absolute atomic E-state index is 13.0. The van der Waals surface area contributed by atoms with E-state index in [9.17, 15) is 4.79 Å². The van der Waals surface area contributed by atoms with Crippen molar-refractivity contribution in [1.29, 1.82) is 0 Å². The van der Waals surface area contributed by atoms with Crippen LogP contribution in [0.25, 0.3) is 21.9 Å². The van der Waals surface area contributed by atoms with E-state index in [0.717, 1.165) is 46.4 Å². The van der Waals surface area contributed by atoms with Crippen molar-refractivity contribution in [2.75, 3.05) is 23.3 Å². The quantitative estimate of drug-likeness (QED) is 0.514. The van der Waals surface area contributed by atoms with Crippen molar-refractivity contribution < 1.29 is 4.79 Å². The SMILES string of the molecule is CCN(CC)c1cc2nc[nH]c2cc1C(=O)Nc1ccc2cn[nH]c2c1. The number of H-pyrrole nitrogens is 2. The molecule has 7 nitrogen and oxygen atoms in total. The lowest BCUT2D eigenvalue weighted by molar-refractivity contribution is 0.102. The molecule has 132 valence electrons. The van der Waals surface area contributed by atoms with Gasteiger partial charge in [-0.1, -0.05) is 0 Å². The Kier molecular flexibility index (Phi) is 4.04. The fourth-order valence-corrected chi connectivity index (χ4v) is 3.19. The van der Waals surface area contributed by atoms with E-state index < -0.39 is 0 Å². The van der Waals surface area contributed by atoms with Gasteiger partial charge >= 0.3 is 0 Å². The average molecular weight is 348 g/mol. The third kappa shape index (κ3) is 2.77. The summed E-state index contributed by atoms with van der Waals surface area (Å²) >= 11 is 0. The Morgan fingerprint density at radius 3 is 2.81 bits per heavy atom. The highest BCUT2D eigenvalue weighted by atomic mass is 16.1. The molecular weight excluding hydrogens is 328 g/mol. The number of hydrogen-bond acceptors (Lipinski definition) is 4. The summed E-state index contributed by atoms with van der Waals surface area (Å²) in [4.78, 5) is 22.6. The molecule has 0 aliphatic heterocycles. The van der Waals surface area contributed by atoms with Crippen molar-refractivity contribution >= 4 is 39.2 Å². The summed E-state index contributed by atoms with van der Waals surface area (Å²) in [5.41, 5.74) is 4.81. The van der Waals surface area contributed by atoms with E-state index in [4.69, 9.17) is 0 Å². The zero-order chi connectivity index (χ0) is 18.1. The molecule has 4 rings (SSSR count). The molecule has 0 fully saturated rings. The third-order valence-corrected chi connectivity index (χ3v) is 4.59. The summed E-state index contributed by atoms with van der Waals surface area (Å²) in [6.45, 7) is 5.78. The van der Waals surface area contributed by atoms with E-state index in [1.807, 2.05) is 30.3 Å². The van der Waals surface area contributed by atoms with Crippen LogP contribution in [0, 0.1) is 0 Å². The Bertz CT molecular complexity index is 1080. The molecule has 0 aliphatic rings. The van der Waals surface area contributed by atoms with Crippen molar-refractivity contribution in [2.24, 2.45) is 0 Å². The highest BCUT2D eigenvalue weighted by Gasteiger charge is 2.18. The molecule has 3 N–H and O–H groups in total. The minimum atomic E-state index is -0.151. The fourth-order valence-electron chi connectivity index (χ4n) is 3.19. The second-order valence-corrected chi connectivity index (χ2v) is 6.09. The van der Waals surface area contributed by atoms with Crippen LogP contribution >= 0.6 is 0 Å². The van der Waals surface area contributed by atoms with Crippen molar-refractivity contribution in [3.63, 3.8) is 0 Å². The minimum absolute atomic E-state index is 0.151. The second kappa shape index (κ2) is 6.51. The average Bonchev–Trinajstić information content (AvgIpc) is 3.30. The summed E-state index contributed by atoms with van der Waals surface area (Å²) in [5, 5.41) is 10.9.